The van der Waals surface area contributed by atoms with Crippen molar-refractivity contribution >= 4 is 27.3 Å². The van der Waals surface area contributed by atoms with Crippen LogP contribution in [0.15, 0.2) is 46.0 Å². The zero-order valence-electron chi connectivity index (χ0n) is 13.2. The highest BCUT2D eigenvalue weighted by molar-refractivity contribution is 7.91. The molecule has 5 nitrogen and oxygen atoms in total. The van der Waals surface area contributed by atoms with Crippen molar-refractivity contribution in [2.24, 2.45) is 0 Å². The van der Waals surface area contributed by atoms with Crippen LogP contribution in [0.5, 0.6) is 0 Å². The first-order chi connectivity index (χ1) is 11.4. The van der Waals surface area contributed by atoms with Gasteiger partial charge in [0.2, 0.25) is 15.9 Å². The van der Waals surface area contributed by atoms with Gasteiger partial charge in [-0.1, -0.05) is 24.3 Å². The summed E-state index contributed by atoms with van der Waals surface area (Å²) in [6.07, 6.45) is 0.379. The molecule has 1 aromatic heterocycles. The lowest BCUT2D eigenvalue weighted by atomic mass is 10.1. The monoisotopic (exact) mass is 370 g/mol. The minimum atomic E-state index is -3.54. The highest BCUT2D eigenvalue weighted by Crippen LogP contribution is 2.15. The second-order valence-corrected chi connectivity index (χ2v) is 8.12. The van der Waals surface area contributed by atoms with Crippen LogP contribution in [0.3, 0.4) is 0 Å². The maximum Gasteiger partial charge on any atom is 0.250 e. The largest absolute Gasteiger partial charge is 0.341 e. The Morgan fingerprint density at radius 3 is 2.58 bits per heavy atom. The van der Waals surface area contributed by atoms with Gasteiger partial charge in [0.1, 0.15) is 10.0 Å². The van der Waals surface area contributed by atoms with Crippen molar-refractivity contribution in [2.45, 2.75) is 17.6 Å². The minimum Gasteiger partial charge on any atom is -0.341 e. The number of rotatable bonds is 8. The molecule has 1 heterocycles. The number of hydrogen-bond donors (Lipinski definition) is 1. The van der Waals surface area contributed by atoms with Gasteiger partial charge in [0, 0.05) is 26.6 Å². The van der Waals surface area contributed by atoms with Crippen molar-refractivity contribution in [3.8, 4) is 0 Å². The number of carbonyl (C=O) groups is 1. The van der Waals surface area contributed by atoms with Gasteiger partial charge in [-0.25, -0.2) is 17.5 Å². The van der Waals surface area contributed by atoms with Gasteiger partial charge in [-0.15, -0.1) is 11.3 Å². The fourth-order valence-corrected chi connectivity index (χ4v) is 4.24. The molecule has 0 atom stereocenters. The molecule has 24 heavy (non-hydrogen) atoms. The summed E-state index contributed by atoms with van der Waals surface area (Å²) in [6, 6.07) is 9.59. The van der Waals surface area contributed by atoms with Gasteiger partial charge in [-0.2, -0.15) is 0 Å². The zero-order valence-corrected chi connectivity index (χ0v) is 14.9. The fraction of sp³-hybridized carbons (Fsp3) is 0.312. The number of amides is 1. The third-order valence-electron chi connectivity index (χ3n) is 3.49. The molecule has 2 aromatic rings. The van der Waals surface area contributed by atoms with E-state index in [4.69, 9.17) is 0 Å². The molecule has 1 aromatic carbocycles. The molecule has 0 bridgehead atoms. The molecule has 0 saturated carbocycles. The number of nitrogens with zero attached hydrogens (tertiary/aromatic N) is 1. The van der Waals surface area contributed by atoms with E-state index >= 15 is 0 Å². The van der Waals surface area contributed by atoms with Crippen molar-refractivity contribution < 1.29 is 17.6 Å². The van der Waals surface area contributed by atoms with Crippen LogP contribution in [-0.2, 0) is 21.2 Å². The molecule has 130 valence electrons. The zero-order chi connectivity index (χ0) is 17.6. The Morgan fingerprint density at radius 2 is 1.96 bits per heavy atom. The van der Waals surface area contributed by atoms with E-state index in [1.54, 1.807) is 29.6 Å². The molecule has 0 saturated heterocycles. The number of nitrogens with one attached hydrogen (secondary N) is 1. The maximum absolute atomic E-state index is 13.6. The Kier molecular flexibility index (Phi) is 6.47. The minimum absolute atomic E-state index is 0.108. The molecule has 1 amide bonds. The third kappa shape index (κ3) is 5.12. The molecule has 0 spiro atoms. The van der Waals surface area contributed by atoms with Gasteiger partial charge in [-0.05, 0) is 29.5 Å². The van der Waals surface area contributed by atoms with E-state index in [2.05, 4.69) is 4.72 Å². The molecule has 8 heteroatoms. The molecular weight excluding hydrogens is 351 g/mol. The Bertz CT molecular complexity index is 776. The van der Waals surface area contributed by atoms with Crippen molar-refractivity contribution in [2.75, 3.05) is 19.6 Å². The average molecular weight is 370 g/mol. The lowest BCUT2D eigenvalue weighted by Gasteiger charge is -2.21. The summed E-state index contributed by atoms with van der Waals surface area (Å²) in [7, 11) is -3.54. The summed E-state index contributed by atoms with van der Waals surface area (Å²) < 4.78 is 40.4. The molecule has 2 rings (SSSR count). The van der Waals surface area contributed by atoms with E-state index in [0.29, 0.717) is 18.5 Å². The third-order valence-corrected chi connectivity index (χ3v) is 6.35. The first-order valence-corrected chi connectivity index (χ1v) is 9.78. The number of hydrogen-bond acceptors (Lipinski definition) is 4. The standard InChI is InChI=1S/C16H19FN2O3S2/c1-13(20)19(10-8-14-5-2-3-6-15(14)17)11-9-18-24(21,22)16-7-4-12-23-16/h2-7,12,18H,8-11H2,1H3. The second kappa shape index (κ2) is 8.36. The first-order valence-electron chi connectivity index (χ1n) is 7.42. The van der Waals surface area contributed by atoms with E-state index in [-0.39, 0.29) is 29.0 Å². The Hall–Kier alpha value is -1.77. The normalized spacial score (nSPS) is 11.4. The quantitative estimate of drug-likeness (QED) is 0.775. The SMILES string of the molecule is CC(=O)N(CCNS(=O)(=O)c1cccs1)CCc1ccccc1F. The van der Waals surface area contributed by atoms with Crippen molar-refractivity contribution in [1.82, 2.24) is 9.62 Å². The van der Waals surface area contributed by atoms with Crippen LogP contribution in [0.2, 0.25) is 0 Å². The summed E-state index contributed by atoms with van der Waals surface area (Å²) in [6.45, 7) is 2.08. The lowest BCUT2D eigenvalue weighted by Crippen LogP contribution is -2.38. The van der Waals surface area contributed by atoms with E-state index in [1.807, 2.05) is 0 Å². The number of benzene rings is 1. The van der Waals surface area contributed by atoms with Gasteiger partial charge >= 0.3 is 0 Å². The predicted octanol–water partition coefficient (Wildman–Crippen LogP) is 2.26. The highest BCUT2D eigenvalue weighted by Gasteiger charge is 2.16. The topological polar surface area (TPSA) is 66.5 Å². The summed E-state index contributed by atoms with van der Waals surface area (Å²) in [5, 5.41) is 1.69. The van der Waals surface area contributed by atoms with Crippen LogP contribution in [0.4, 0.5) is 4.39 Å². The molecule has 1 N–H and O–H groups in total. The Morgan fingerprint density at radius 1 is 1.21 bits per heavy atom. The second-order valence-electron chi connectivity index (χ2n) is 5.18. The summed E-state index contributed by atoms with van der Waals surface area (Å²) in [5.74, 6) is -0.485. The van der Waals surface area contributed by atoms with Gasteiger partial charge < -0.3 is 4.90 Å². The number of sulfonamides is 1. The number of thiophene rings is 1. The average Bonchev–Trinajstić information content (AvgIpc) is 3.07. The lowest BCUT2D eigenvalue weighted by molar-refractivity contribution is -0.128. The molecule has 0 aliphatic heterocycles. The number of halogens is 1. The van der Waals surface area contributed by atoms with Crippen LogP contribution in [0, 0.1) is 5.82 Å². The van der Waals surface area contributed by atoms with Crippen molar-refractivity contribution in [3.05, 3.63) is 53.2 Å². The predicted molar refractivity (Wildman–Crippen MR) is 91.9 cm³/mol. The Balaban J connectivity index is 1.88. The van der Waals surface area contributed by atoms with Crippen molar-refractivity contribution in [3.63, 3.8) is 0 Å². The molecule has 0 aliphatic carbocycles. The van der Waals surface area contributed by atoms with Crippen LogP contribution < -0.4 is 4.72 Å². The molecule has 0 unspecified atom stereocenters. The number of carbonyl (C=O) groups excluding carboxylic acids is 1. The Labute approximate surface area is 145 Å². The molecular formula is C16H19FN2O3S2. The van der Waals surface area contributed by atoms with Crippen LogP contribution in [0.25, 0.3) is 0 Å². The smallest absolute Gasteiger partial charge is 0.250 e. The van der Waals surface area contributed by atoms with Crippen LogP contribution >= 0.6 is 11.3 Å². The van der Waals surface area contributed by atoms with Gasteiger partial charge in [0.05, 0.1) is 0 Å². The highest BCUT2D eigenvalue weighted by atomic mass is 32.2. The summed E-state index contributed by atoms with van der Waals surface area (Å²) in [5.41, 5.74) is 0.530. The maximum atomic E-state index is 13.6. The van der Waals surface area contributed by atoms with Gasteiger partial charge in [0.15, 0.2) is 0 Å². The fourth-order valence-electron chi connectivity index (χ4n) is 2.19. The summed E-state index contributed by atoms with van der Waals surface area (Å²) in [4.78, 5) is 13.2. The van der Waals surface area contributed by atoms with Gasteiger partial charge in [0.25, 0.3) is 0 Å². The van der Waals surface area contributed by atoms with E-state index in [0.717, 1.165) is 11.3 Å². The molecule has 0 fully saturated rings. The van der Waals surface area contributed by atoms with E-state index in [9.17, 15) is 17.6 Å². The van der Waals surface area contributed by atoms with Crippen LogP contribution in [0.1, 0.15) is 12.5 Å². The van der Waals surface area contributed by atoms with E-state index < -0.39 is 10.0 Å². The molecule has 0 aliphatic rings. The van der Waals surface area contributed by atoms with Gasteiger partial charge in [-0.3, -0.25) is 4.79 Å². The van der Waals surface area contributed by atoms with Crippen LogP contribution in [-0.4, -0.2) is 38.9 Å². The summed E-state index contributed by atoms with van der Waals surface area (Å²) >= 11 is 1.13. The molecule has 0 radical (unpaired) electrons. The van der Waals surface area contributed by atoms with E-state index in [1.165, 1.54) is 24.0 Å². The van der Waals surface area contributed by atoms with Crippen molar-refractivity contribution in [1.29, 1.82) is 0 Å². The first kappa shape index (κ1) is 18.6.